The maximum atomic E-state index is 12.6. The predicted molar refractivity (Wildman–Crippen MR) is 232 cm³/mol. The van der Waals surface area contributed by atoms with Gasteiger partial charge in [0.1, 0.15) is 17.8 Å². The maximum Gasteiger partial charge on any atom is 0.350 e. The van der Waals surface area contributed by atoms with Crippen LogP contribution >= 0.6 is 0 Å². The minimum atomic E-state index is -1.26. The largest absolute Gasteiger partial charge is 0.459 e. The van der Waals surface area contributed by atoms with Gasteiger partial charge in [-0.05, 0) is 200 Å². The first-order valence-electron chi connectivity index (χ1n) is 23.1. The van der Waals surface area contributed by atoms with Crippen molar-refractivity contribution in [3.05, 3.63) is 36.5 Å². The van der Waals surface area contributed by atoms with Crippen LogP contribution in [0.2, 0.25) is 0 Å². The van der Waals surface area contributed by atoms with Gasteiger partial charge in [-0.15, -0.1) is 0 Å². The third-order valence-electron chi connectivity index (χ3n) is 14.1. The lowest BCUT2D eigenvalue weighted by molar-refractivity contribution is -0.207. The summed E-state index contributed by atoms with van der Waals surface area (Å²) in [6.45, 7) is 24.7. The Morgan fingerprint density at radius 3 is 1.18 bits per heavy atom. The van der Waals surface area contributed by atoms with Crippen molar-refractivity contribution in [1.29, 1.82) is 0 Å². The molecule has 0 aromatic carbocycles. The van der Waals surface area contributed by atoms with Gasteiger partial charge in [0.05, 0.1) is 0 Å². The van der Waals surface area contributed by atoms with E-state index in [9.17, 15) is 28.8 Å². The van der Waals surface area contributed by atoms with Crippen molar-refractivity contribution in [3.8, 4) is 0 Å². The maximum absolute atomic E-state index is 12.6. The molecule has 9 rings (SSSR count). The van der Waals surface area contributed by atoms with Crippen molar-refractivity contribution in [2.75, 3.05) is 0 Å². The quantitative estimate of drug-likeness (QED) is 0.104. The summed E-state index contributed by atoms with van der Waals surface area (Å²) in [7, 11) is 0. The lowest BCUT2D eigenvalue weighted by atomic mass is 9.54. The van der Waals surface area contributed by atoms with Crippen molar-refractivity contribution >= 4 is 35.8 Å². The molecule has 0 amide bonds. The highest BCUT2D eigenvalue weighted by molar-refractivity contribution is 5.92. The van der Waals surface area contributed by atoms with Crippen LogP contribution in [0.4, 0.5) is 0 Å². The van der Waals surface area contributed by atoms with Crippen LogP contribution in [0, 0.1) is 41.4 Å². The molecule has 0 saturated heterocycles. The van der Waals surface area contributed by atoms with Gasteiger partial charge in [0.15, 0.2) is 0 Å². The van der Waals surface area contributed by atoms with Crippen molar-refractivity contribution in [1.82, 2.24) is 0 Å². The second-order valence-electron chi connectivity index (χ2n) is 21.5. The van der Waals surface area contributed by atoms with E-state index < -0.39 is 52.6 Å². The van der Waals surface area contributed by atoms with Crippen LogP contribution in [-0.2, 0) is 57.2 Å². The molecule has 0 atom stereocenters. The number of rotatable bonds is 12. The lowest BCUT2D eigenvalue weighted by Gasteiger charge is -2.56. The second-order valence-corrected chi connectivity index (χ2v) is 21.5. The van der Waals surface area contributed by atoms with Gasteiger partial charge < -0.3 is 28.4 Å². The average molecular weight is 867 g/mol. The Bertz CT molecular complexity index is 1700. The molecule has 0 aliphatic heterocycles. The summed E-state index contributed by atoms with van der Waals surface area (Å²) in [5.41, 5.74) is -3.24. The number of carbonyl (C=O) groups is 6. The van der Waals surface area contributed by atoms with Gasteiger partial charge in [-0.2, -0.15) is 0 Å². The Labute approximate surface area is 369 Å². The molecule has 0 aromatic rings. The first kappa shape index (κ1) is 49.1. The Hall–Kier alpha value is -3.96. The monoisotopic (exact) mass is 867 g/mol. The lowest BCUT2D eigenvalue weighted by Crippen LogP contribution is -2.55. The molecular formula is C50H74O12. The van der Waals surface area contributed by atoms with Crippen LogP contribution in [-0.4, -0.2) is 70.4 Å². The molecule has 12 heteroatoms. The summed E-state index contributed by atoms with van der Waals surface area (Å²) < 4.78 is 32.8. The van der Waals surface area contributed by atoms with E-state index in [-0.39, 0.29) is 34.5 Å². The number of hydrogen-bond donors (Lipinski definition) is 0. The number of carbonyl (C=O) groups excluding carboxylic acids is 6. The van der Waals surface area contributed by atoms with Gasteiger partial charge >= 0.3 is 35.8 Å². The molecule has 0 unspecified atom stereocenters. The zero-order chi connectivity index (χ0) is 45.9. The molecule has 0 N–H and O–H groups in total. The fourth-order valence-electron chi connectivity index (χ4n) is 11.4. The molecule has 0 spiro atoms. The molecule has 346 valence electrons. The smallest absolute Gasteiger partial charge is 0.350 e. The third kappa shape index (κ3) is 12.4. The molecule has 12 nitrogen and oxygen atoms in total. The van der Waals surface area contributed by atoms with Gasteiger partial charge in [0.2, 0.25) is 16.8 Å². The van der Waals surface area contributed by atoms with E-state index in [0.717, 1.165) is 56.8 Å². The molecule has 0 heterocycles. The van der Waals surface area contributed by atoms with Crippen molar-refractivity contribution in [3.63, 3.8) is 0 Å². The first-order valence-corrected chi connectivity index (χ1v) is 23.1. The highest BCUT2D eigenvalue weighted by atomic mass is 16.6. The predicted octanol–water partition coefficient (Wildman–Crippen LogP) is 9.41. The molecule has 9 aliphatic rings. The summed E-state index contributed by atoms with van der Waals surface area (Å²) in [4.78, 5) is 71.8. The molecule has 9 aliphatic carbocycles. The molecule has 0 radical (unpaired) electrons. The Balaban J connectivity index is 0.000000177. The molecular weight excluding hydrogens is 793 g/mol. The standard InChI is InChI=1S/2C18H26O4.C14H22O4/c1-11(2)15(19)21-17(3,4)16(20)22-18-8-12-5-13(9-18)7-14(6-12)10-18;1-10(2)16(19)22-18(3,4)17(20)21-15-13-6-11-5-12(8-13)9-14(15)7-11;1-10(2)12(15)18-14(3,4)13(16)17-11-8-6-5-7-9-11/h12-14H,1,5-10H2,2-4H3;11-15H,1,5-9H2,2-4H3;11H,1,5-9H2,2-4H3. The van der Waals surface area contributed by atoms with Gasteiger partial charge in [-0.25, -0.2) is 28.8 Å². The van der Waals surface area contributed by atoms with E-state index in [1.807, 2.05) is 0 Å². The normalized spacial score (nSPS) is 30.5. The molecule has 0 aromatic heterocycles. The summed E-state index contributed by atoms with van der Waals surface area (Å²) in [5.74, 6) is 1.81. The summed E-state index contributed by atoms with van der Waals surface area (Å²) in [6, 6.07) is 0. The summed E-state index contributed by atoms with van der Waals surface area (Å²) in [6.07, 6.45) is 18.1. The Morgan fingerprint density at radius 2 is 0.806 bits per heavy atom. The third-order valence-corrected chi connectivity index (χ3v) is 14.1. The van der Waals surface area contributed by atoms with E-state index in [4.69, 9.17) is 28.4 Å². The van der Waals surface area contributed by atoms with Crippen molar-refractivity contribution in [2.45, 2.75) is 200 Å². The van der Waals surface area contributed by atoms with Crippen LogP contribution in [0.5, 0.6) is 0 Å². The van der Waals surface area contributed by atoms with Gasteiger partial charge in [-0.1, -0.05) is 26.2 Å². The fraction of sp³-hybridized carbons (Fsp3) is 0.760. The highest BCUT2D eigenvalue weighted by Gasteiger charge is 2.55. The Kier molecular flexibility index (Phi) is 15.4. The van der Waals surface area contributed by atoms with E-state index in [0.29, 0.717) is 29.6 Å². The zero-order valence-electron chi connectivity index (χ0n) is 39.0. The molecule has 9 saturated carbocycles. The van der Waals surface area contributed by atoms with E-state index in [2.05, 4.69) is 19.7 Å². The molecule has 9 fully saturated rings. The minimum Gasteiger partial charge on any atom is -0.459 e. The number of ether oxygens (including phenoxy) is 6. The van der Waals surface area contributed by atoms with Gasteiger partial charge in [-0.3, -0.25) is 0 Å². The van der Waals surface area contributed by atoms with Crippen LogP contribution in [0.25, 0.3) is 0 Å². The zero-order valence-corrected chi connectivity index (χ0v) is 39.0. The second kappa shape index (κ2) is 19.4. The van der Waals surface area contributed by atoms with Gasteiger partial charge in [0, 0.05) is 16.7 Å². The van der Waals surface area contributed by atoms with Crippen molar-refractivity contribution < 1.29 is 57.2 Å². The SMILES string of the molecule is C=C(C)C(=O)OC(C)(C)C(=O)OC12CC3CC(CC(C3)C1)C2.C=C(C)C(=O)OC(C)(C)C(=O)OC1C2CC3CC(C2)CC1C3.C=C(C)C(=O)OC(C)(C)C(=O)OC1CCCCC1. The average Bonchev–Trinajstić information content (AvgIpc) is 3.15. The van der Waals surface area contributed by atoms with Gasteiger partial charge in [0.25, 0.3) is 0 Å². The van der Waals surface area contributed by atoms with Crippen LogP contribution < -0.4 is 0 Å². The topological polar surface area (TPSA) is 158 Å². The van der Waals surface area contributed by atoms with E-state index in [1.165, 1.54) is 57.8 Å². The summed E-state index contributed by atoms with van der Waals surface area (Å²) >= 11 is 0. The number of hydrogen-bond acceptors (Lipinski definition) is 12. The highest BCUT2D eigenvalue weighted by Crippen LogP contribution is 2.58. The van der Waals surface area contributed by atoms with E-state index in [1.54, 1.807) is 62.3 Å². The molecule has 62 heavy (non-hydrogen) atoms. The minimum absolute atomic E-state index is 0.0168. The fourth-order valence-corrected chi connectivity index (χ4v) is 11.4. The first-order chi connectivity index (χ1) is 28.8. The molecule has 8 bridgehead atoms. The van der Waals surface area contributed by atoms with Crippen LogP contribution in [0.1, 0.15) is 165 Å². The number of esters is 6. The Morgan fingerprint density at radius 1 is 0.468 bits per heavy atom. The van der Waals surface area contributed by atoms with E-state index >= 15 is 0 Å². The van der Waals surface area contributed by atoms with Crippen LogP contribution in [0.15, 0.2) is 36.5 Å². The van der Waals surface area contributed by atoms with Crippen molar-refractivity contribution in [2.24, 2.45) is 41.4 Å². The summed E-state index contributed by atoms with van der Waals surface area (Å²) in [5, 5.41) is 0. The van der Waals surface area contributed by atoms with Crippen LogP contribution in [0.3, 0.4) is 0 Å².